The van der Waals surface area contributed by atoms with Crippen molar-refractivity contribution in [3.8, 4) is 5.75 Å². The second-order valence-electron chi connectivity index (χ2n) is 8.91. The number of amides is 4. The van der Waals surface area contributed by atoms with Crippen LogP contribution in [0.15, 0.2) is 47.3 Å². The van der Waals surface area contributed by atoms with E-state index in [2.05, 4.69) is 5.32 Å². The van der Waals surface area contributed by atoms with E-state index in [0.717, 1.165) is 17.0 Å². The van der Waals surface area contributed by atoms with Gasteiger partial charge in [-0.25, -0.2) is 9.69 Å². The van der Waals surface area contributed by atoms with Gasteiger partial charge in [0.1, 0.15) is 11.8 Å². The van der Waals surface area contributed by atoms with E-state index < -0.39 is 12.1 Å². The van der Waals surface area contributed by atoms with Gasteiger partial charge in [-0.15, -0.1) is 0 Å². The number of piperidine rings is 1. The van der Waals surface area contributed by atoms with E-state index in [9.17, 15) is 19.2 Å². The van der Waals surface area contributed by atoms with Crippen LogP contribution in [0, 0.1) is 5.92 Å². The van der Waals surface area contributed by atoms with E-state index in [1.54, 1.807) is 43.5 Å². The summed E-state index contributed by atoms with van der Waals surface area (Å²) in [5.74, 6) is 0.641. The Morgan fingerprint density at radius 1 is 1.06 bits per heavy atom. The smallest absolute Gasteiger partial charge is 0.329 e. The lowest BCUT2D eigenvalue weighted by molar-refractivity contribution is -0.134. The molecule has 3 atom stereocenters. The number of benzene rings is 1. The average molecular weight is 450 g/mol. The molecule has 2 fully saturated rings. The second-order valence-corrected chi connectivity index (χ2v) is 8.91. The van der Waals surface area contributed by atoms with Crippen LogP contribution in [0.2, 0.25) is 0 Å². The summed E-state index contributed by atoms with van der Waals surface area (Å²) in [7, 11) is 1.55. The number of ether oxygens (including phenoxy) is 1. The quantitative estimate of drug-likeness (QED) is 0.699. The number of fused-ring (bicyclic) bond motifs is 4. The van der Waals surface area contributed by atoms with Gasteiger partial charge in [0.15, 0.2) is 0 Å². The van der Waals surface area contributed by atoms with Crippen molar-refractivity contribution >= 4 is 23.5 Å². The van der Waals surface area contributed by atoms with Gasteiger partial charge in [-0.05, 0) is 49.1 Å². The minimum Gasteiger partial charge on any atom is -0.497 e. The number of aromatic nitrogens is 1. The molecule has 1 aromatic carbocycles. The number of hydrogen-bond donors (Lipinski definition) is 1. The molecule has 0 saturated carbocycles. The lowest BCUT2D eigenvalue weighted by atomic mass is 9.83. The summed E-state index contributed by atoms with van der Waals surface area (Å²) in [5.41, 5.74) is 1.47. The number of nitrogens with one attached hydrogen (secondary N) is 1. The first-order valence-electron chi connectivity index (χ1n) is 11.2. The lowest BCUT2D eigenvalue weighted by Crippen LogP contribution is -2.49. The Labute approximate surface area is 190 Å². The predicted octanol–water partition coefficient (Wildman–Crippen LogP) is 1.71. The van der Waals surface area contributed by atoms with Gasteiger partial charge >= 0.3 is 6.03 Å². The molecule has 4 heterocycles. The molecular formula is C24H26N4O5. The summed E-state index contributed by atoms with van der Waals surface area (Å²) in [6.07, 6.45) is 1.40. The molecule has 0 radical (unpaired) electrons. The molecule has 3 aliphatic heterocycles. The molecule has 2 saturated heterocycles. The van der Waals surface area contributed by atoms with Gasteiger partial charge < -0.3 is 19.5 Å². The van der Waals surface area contributed by atoms with Crippen LogP contribution < -0.4 is 20.5 Å². The lowest BCUT2D eigenvalue weighted by Gasteiger charge is -2.42. The summed E-state index contributed by atoms with van der Waals surface area (Å²) < 4.78 is 6.95. The number of pyridine rings is 1. The summed E-state index contributed by atoms with van der Waals surface area (Å²) >= 11 is 0. The molecule has 5 rings (SSSR count). The number of likely N-dealkylation sites (tertiary alicyclic amines) is 1. The van der Waals surface area contributed by atoms with Gasteiger partial charge in [-0.1, -0.05) is 6.07 Å². The van der Waals surface area contributed by atoms with Crippen LogP contribution in [0.1, 0.15) is 30.9 Å². The molecule has 2 bridgehead atoms. The van der Waals surface area contributed by atoms with Gasteiger partial charge in [-0.2, -0.15) is 0 Å². The van der Waals surface area contributed by atoms with E-state index in [1.165, 1.54) is 0 Å². The maximum Gasteiger partial charge on any atom is 0.329 e. The highest BCUT2D eigenvalue weighted by Gasteiger charge is 2.40. The Morgan fingerprint density at radius 3 is 2.61 bits per heavy atom. The van der Waals surface area contributed by atoms with Gasteiger partial charge in [0.25, 0.3) is 11.5 Å². The van der Waals surface area contributed by atoms with E-state index in [1.807, 2.05) is 15.5 Å². The molecule has 3 aliphatic rings. The highest BCUT2D eigenvalue weighted by Crippen LogP contribution is 2.35. The predicted molar refractivity (Wildman–Crippen MR) is 120 cm³/mol. The Hall–Kier alpha value is -3.62. The molecule has 33 heavy (non-hydrogen) atoms. The van der Waals surface area contributed by atoms with Crippen LogP contribution in [-0.2, 0) is 16.1 Å². The summed E-state index contributed by atoms with van der Waals surface area (Å²) in [5, 5.41) is 2.70. The van der Waals surface area contributed by atoms with Crippen molar-refractivity contribution in [2.24, 2.45) is 5.92 Å². The van der Waals surface area contributed by atoms with Crippen molar-refractivity contribution in [2.45, 2.75) is 37.8 Å². The topological polar surface area (TPSA) is 101 Å². The third-order valence-corrected chi connectivity index (χ3v) is 6.83. The van der Waals surface area contributed by atoms with E-state index in [-0.39, 0.29) is 42.1 Å². The van der Waals surface area contributed by atoms with Gasteiger partial charge in [0.2, 0.25) is 5.91 Å². The van der Waals surface area contributed by atoms with Crippen molar-refractivity contribution in [3.63, 3.8) is 0 Å². The SMILES string of the molecule is COc1ccc(N2C(=O)NC(CCC(=O)N3CC4CC(C3)c3cccc(=O)n3C4)C2=O)cc1. The Balaban J connectivity index is 1.21. The number of anilines is 1. The van der Waals surface area contributed by atoms with Gasteiger partial charge in [0, 0.05) is 43.7 Å². The fraction of sp³-hybridized carbons (Fsp3) is 0.417. The van der Waals surface area contributed by atoms with Crippen LogP contribution in [0.4, 0.5) is 10.5 Å². The van der Waals surface area contributed by atoms with Crippen molar-refractivity contribution in [1.29, 1.82) is 0 Å². The maximum atomic E-state index is 13.0. The summed E-state index contributed by atoms with van der Waals surface area (Å²) in [6, 6.07) is 10.8. The highest BCUT2D eigenvalue weighted by molar-refractivity contribution is 6.21. The number of urea groups is 1. The Bertz CT molecular complexity index is 1160. The third-order valence-electron chi connectivity index (χ3n) is 6.83. The van der Waals surface area contributed by atoms with Crippen molar-refractivity contribution in [2.75, 3.05) is 25.1 Å². The standard InChI is InChI=1S/C24H26N4O5/c1-33-18-7-5-17(6-8-18)28-23(31)19(25-24(28)32)9-10-21(29)26-12-15-11-16(14-26)20-3-2-4-22(30)27(20)13-15/h2-8,15-16,19H,9-14H2,1H3,(H,25,32). The summed E-state index contributed by atoms with van der Waals surface area (Å²) in [6.45, 7) is 1.81. The van der Waals surface area contributed by atoms with Crippen LogP contribution in [0.5, 0.6) is 5.75 Å². The molecule has 2 aromatic rings. The van der Waals surface area contributed by atoms with E-state index in [0.29, 0.717) is 31.1 Å². The average Bonchev–Trinajstić information content (AvgIpc) is 3.11. The number of nitrogens with zero attached hydrogens (tertiary/aromatic N) is 3. The molecule has 0 aliphatic carbocycles. The summed E-state index contributed by atoms with van der Waals surface area (Å²) in [4.78, 5) is 53.4. The number of hydrogen-bond acceptors (Lipinski definition) is 5. The zero-order chi connectivity index (χ0) is 23.1. The minimum absolute atomic E-state index is 0.0129. The Morgan fingerprint density at radius 2 is 1.85 bits per heavy atom. The monoisotopic (exact) mass is 450 g/mol. The molecule has 0 spiro atoms. The zero-order valence-electron chi connectivity index (χ0n) is 18.4. The number of carbonyl (C=O) groups excluding carboxylic acids is 3. The first-order valence-corrected chi connectivity index (χ1v) is 11.2. The molecule has 9 heteroatoms. The largest absolute Gasteiger partial charge is 0.497 e. The van der Waals surface area contributed by atoms with E-state index in [4.69, 9.17) is 4.74 Å². The molecule has 172 valence electrons. The molecule has 1 aromatic heterocycles. The van der Waals surface area contributed by atoms with Crippen molar-refractivity contribution in [1.82, 2.24) is 14.8 Å². The number of imide groups is 1. The van der Waals surface area contributed by atoms with E-state index >= 15 is 0 Å². The highest BCUT2D eigenvalue weighted by atomic mass is 16.5. The number of methoxy groups -OCH3 is 1. The number of carbonyl (C=O) groups is 3. The Kier molecular flexibility index (Phi) is 5.39. The van der Waals surface area contributed by atoms with Crippen LogP contribution in [-0.4, -0.2) is 53.6 Å². The molecule has 9 nitrogen and oxygen atoms in total. The number of rotatable bonds is 5. The van der Waals surface area contributed by atoms with Crippen LogP contribution in [0.25, 0.3) is 0 Å². The van der Waals surface area contributed by atoms with Crippen LogP contribution in [0.3, 0.4) is 0 Å². The third kappa shape index (κ3) is 3.88. The zero-order valence-corrected chi connectivity index (χ0v) is 18.4. The second kappa shape index (κ2) is 8.38. The van der Waals surface area contributed by atoms with Crippen molar-refractivity contribution < 1.29 is 19.1 Å². The fourth-order valence-corrected chi connectivity index (χ4v) is 5.23. The molecule has 1 N–H and O–H groups in total. The fourth-order valence-electron chi connectivity index (χ4n) is 5.23. The van der Waals surface area contributed by atoms with Gasteiger partial charge in [0.05, 0.1) is 12.8 Å². The minimum atomic E-state index is -0.729. The molecule has 3 unspecified atom stereocenters. The van der Waals surface area contributed by atoms with Gasteiger partial charge in [-0.3, -0.25) is 14.4 Å². The normalized spacial score (nSPS) is 23.8. The first-order chi connectivity index (χ1) is 15.9. The molecule has 4 amide bonds. The first kappa shape index (κ1) is 21.2. The van der Waals surface area contributed by atoms with Crippen molar-refractivity contribution in [3.05, 3.63) is 58.5 Å². The molecular weight excluding hydrogens is 424 g/mol. The maximum absolute atomic E-state index is 13.0. The van der Waals surface area contributed by atoms with Crippen LogP contribution >= 0.6 is 0 Å².